The smallest absolute Gasteiger partial charge is 0.264 e. The fraction of sp³-hybridized carbons (Fsp3) is 0.300. The van der Waals surface area contributed by atoms with E-state index >= 15 is 0 Å². The highest BCUT2D eigenvalue weighted by atomic mass is 32.2. The van der Waals surface area contributed by atoms with E-state index in [1.807, 2.05) is 35.7 Å². The molecule has 0 aliphatic carbocycles. The van der Waals surface area contributed by atoms with Crippen LogP contribution in [0.4, 0.5) is 0 Å². The highest BCUT2D eigenvalue weighted by molar-refractivity contribution is 7.85. The molecule has 0 saturated heterocycles. The van der Waals surface area contributed by atoms with Crippen molar-refractivity contribution in [2.24, 2.45) is 0 Å². The molecule has 5 nitrogen and oxygen atoms in total. The van der Waals surface area contributed by atoms with Gasteiger partial charge >= 0.3 is 0 Å². The Morgan fingerprint density at radius 3 is 2.88 bits per heavy atom. The first-order valence-electron chi connectivity index (χ1n) is 4.74. The first kappa shape index (κ1) is 11.1. The molecule has 0 fully saturated rings. The van der Waals surface area contributed by atoms with Crippen LogP contribution < -0.4 is 0 Å². The molecule has 0 bridgehead atoms. The van der Waals surface area contributed by atoms with E-state index < -0.39 is 10.1 Å². The van der Waals surface area contributed by atoms with Gasteiger partial charge in [-0.2, -0.15) is 8.42 Å². The Balaban J connectivity index is 2.40. The van der Waals surface area contributed by atoms with Crippen LogP contribution in [0.1, 0.15) is 11.4 Å². The monoisotopic (exact) mass is 240 g/mol. The zero-order chi connectivity index (χ0) is 11.8. The van der Waals surface area contributed by atoms with Gasteiger partial charge in [0.25, 0.3) is 10.1 Å². The maximum absolute atomic E-state index is 10.9. The number of imidazole rings is 1. The molecule has 2 rings (SSSR count). The topological polar surface area (TPSA) is 60.7 Å². The number of aromatic nitrogens is 2. The van der Waals surface area contributed by atoms with Crippen molar-refractivity contribution in [3.63, 3.8) is 0 Å². The zero-order valence-corrected chi connectivity index (χ0v) is 9.86. The summed E-state index contributed by atoms with van der Waals surface area (Å²) >= 11 is 0. The van der Waals surface area contributed by atoms with Crippen LogP contribution in [0.15, 0.2) is 24.4 Å². The first-order valence-corrected chi connectivity index (χ1v) is 6.56. The Hall–Kier alpha value is -1.40. The number of nitrogens with zero attached hydrogens (tertiary/aromatic N) is 2. The molecule has 0 radical (unpaired) electrons. The lowest BCUT2D eigenvalue weighted by Gasteiger charge is -2.02. The van der Waals surface area contributed by atoms with Crippen LogP contribution in [-0.4, -0.2) is 24.1 Å². The van der Waals surface area contributed by atoms with Gasteiger partial charge in [0.05, 0.1) is 17.6 Å². The summed E-state index contributed by atoms with van der Waals surface area (Å²) in [5, 5.41) is 0. The van der Waals surface area contributed by atoms with E-state index in [0.717, 1.165) is 23.3 Å². The van der Waals surface area contributed by atoms with Crippen LogP contribution in [0.3, 0.4) is 0 Å². The van der Waals surface area contributed by atoms with E-state index in [4.69, 9.17) is 4.18 Å². The van der Waals surface area contributed by atoms with Gasteiger partial charge in [0.15, 0.2) is 0 Å². The average Bonchev–Trinajstić information content (AvgIpc) is 2.49. The van der Waals surface area contributed by atoms with Gasteiger partial charge in [-0.25, -0.2) is 4.98 Å². The molecule has 86 valence electrons. The summed E-state index contributed by atoms with van der Waals surface area (Å²) in [6.07, 6.45) is 2.86. The molecule has 16 heavy (non-hydrogen) atoms. The van der Waals surface area contributed by atoms with Crippen LogP contribution in [0.25, 0.3) is 5.65 Å². The van der Waals surface area contributed by atoms with Crippen molar-refractivity contribution < 1.29 is 12.6 Å². The Labute approximate surface area is 93.8 Å². The summed E-state index contributed by atoms with van der Waals surface area (Å²) in [6, 6.07) is 5.60. The van der Waals surface area contributed by atoms with Crippen LogP contribution in [-0.2, 0) is 20.9 Å². The summed E-state index contributed by atoms with van der Waals surface area (Å²) in [5.74, 6) is 0. The maximum Gasteiger partial charge on any atom is 0.264 e. The van der Waals surface area contributed by atoms with Crippen LogP contribution >= 0.6 is 0 Å². The van der Waals surface area contributed by atoms with Gasteiger partial charge in [-0.15, -0.1) is 0 Å². The molecule has 0 unspecified atom stereocenters. The highest BCUT2D eigenvalue weighted by Crippen LogP contribution is 2.13. The van der Waals surface area contributed by atoms with Gasteiger partial charge < -0.3 is 4.40 Å². The standard InChI is InChI=1S/C10H12N2O3S/c1-8-9(7-15-16(2,13)14)12-6-4-3-5-10(12)11-8/h3-6H,7H2,1-2H3. The molecule has 2 aromatic rings. The summed E-state index contributed by atoms with van der Waals surface area (Å²) in [6.45, 7) is 1.84. The first-order chi connectivity index (χ1) is 7.47. The third kappa shape index (κ3) is 2.23. The van der Waals surface area contributed by atoms with Gasteiger partial charge in [0.1, 0.15) is 12.3 Å². The van der Waals surface area contributed by atoms with Crippen molar-refractivity contribution in [1.29, 1.82) is 0 Å². The number of hydrogen-bond acceptors (Lipinski definition) is 4. The summed E-state index contributed by atoms with van der Waals surface area (Å²) < 4.78 is 28.4. The van der Waals surface area contributed by atoms with E-state index in [-0.39, 0.29) is 6.61 Å². The molecule has 0 aromatic carbocycles. The largest absolute Gasteiger partial charge is 0.301 e. The second kappa shape index (κ2) is 3.88. The van der Waals surface area contributed by atoms with Gasteiger partial charge in [0.2, 0.25) is 0 Å². The second-order valence-electron chi connectivity index (χ2n) is 3.54. The number of aryl methyl sites for hydroxylation is 1. The Morgan fingerprint density at radius 1 is 1.44 bits per heavy atom. The molecule has 0 atom stereocenters. The van der Waals surface area contributed by atoms with Crippen molar-refractivity contribution >= 4 is 15.8 Å². The fourth-order valence-corrected chi connectivity index (χ4v) is 1.83. The average molecular weight is 240 g/mol. The highest BCUT2D eigenvalue weighted by Gasteiger charge is 2.10. The van der Waals surface area contributed by atoms with Gasteiger partial charge in [0, 0.05) is 6.20 Å². The van der Waals surface area contributed by atoms with Crippen LogP contribution in [0, 0.1) is 6.92 Å². The minimum Gasteiger partial charge on any atom is -0.301 e. The Kier molecular flexibility index (Phi) is 2.69. The van der Waals surface area contributed by atoms with E-state index in [1.165, 1.54) is 0 Å². The molecule has 0 spiro atoms. The van der Waals surface area contributed by atoms with Crippen LogP contribution in [0.5, 0.6) is 0 Å². The lowest BCUT2D eigenvalue weighted by molar-refractivity contribution is 0.305. The zero-order valence-electron chi connectivity index (χ0n) is 9.04. The minimum absolute atomic E-state index is 0.00977. The predicted octanol–water partition coefficient (Wildman–Crippen LogP) is 1.12. The third-order valence-corrected chi connectivity index (χ3v) is 2.78. The predicted molar refractivity (Wildman–Crippen MR) is 59.6 cm³/mol. The van der Waals surface area contributed by atoms with E-state index in [0.29, 0.717) is 0 Å². The SMILES string of the molecule is Cc1nc2ccccn2c1COS(C)(=O)=O. The van der Waals surface area contributed by atoms with Gasteiger partial charge in [-0.3, -0.25) is 4.18 Å². The van der Waals surface area contributed by atoms with Crippen LogP contribution in [0.2, 0.25) is 0 Å². The number of fused-ring (bicyclic) bond motifs is 1. The summed E-state index contributed by atoms with van der Waals surface area (Å²) in [7, 11) is -3.43. The van der Waals surface area contributed by atoms with Crippen molar-refractivity contribution in [3.8, 4) is 0 Å². The quantitative estimate of drug-likeness (QED) is 0.754. The molecule has 2 aromatic heterocycles. The molecule has 0 aliphatic rings. The second-order valence-corrected chi connectivity index (χ2v) is 5.18. The summed E-state index contributed by atoms with van der Waals surface area (Å²) in [5.41, 5.74) is 2.31. The molecular formula is C10H12N2O3S. The fourth-order valence-electron chi connectivity index (χ4n) is 1.50. The van der Waals surface area contributed by atoms with Crippen molar-refractivity contribution in [3.05, 3.63) is 35.8 Å². The van der Waals surface area contributed by atoms with E-state index in [9.17, 15) is 8.42 Å². The minimum atomic E-state index is -3.43. The van der Waals surface area contributed by atoms with E-state index in [2.05, 4.69) is 4.98 Å². The molecule has 0 saturated carbocycles. The molecule has 2 heterocycles. The van der Waals surface area contributed by atoms with Gasteiger partial charge in [-0.05, 0) is 19.1 Å². The molecule has 0 N–H and O–H groups in total. The number of hydrogen-bond donors (Lipinski definition) is 0. The van der Waals surface area contributed by atoms with Crippen molar-refractivity contribution in [2.45, 2.75) is 13.5 Å². The van der Waals surface area contributed by atoms with Gasteiger partial charge in [-0.1, -0.05) is 6.07 Å². The molecule has 0 amide bonds. The lowest BCUT2D eigenvalue weighted by Crippen LogP contribution is -2.05. The maximum atomic E-state index is 10.9. The van der Waals surface area contributed by atoms with E-state index in [1.54, 1.807) is 0 Å². The van der Waals surface area contributed by atoms with Crippen molar-refractivity contribution in [2.75, 3.05) is 6.26 Å². The molecule has 6 heteroatoms. The molecular weight excluding hydrogens is 228 g/mol. The van der Waals surface area contributed by atoms with Crippen molar-refractivity contribution in [1.82, 2.24) is 9.38 Å². The summed E-state index contributed by atoms with van der Waals surface area (Å²) in [4.78, 5) is 4.30. The third-order valence-electron chi connectivity index (χ3n) is 2.24. The molecule has 0 aliphatic heterocycles. The number of pyridine rings is 1. The Bertz CT molecular complexity index is 616. The lowest BCUT2D eigenvalue weighted by atomic mass is 10.3. The Morgan fingerprint density at radius 2 is 2.19 bits per heavy atom. The normalized spacial score (nSPS) is 12.1. The number of rotatable bonds is 3.